The molecule has 0 fully saturated rings. The summed E-state index contributed by atoms with van der Waals surface area (Å²) in [5.74, 6) is 1.16. The van der Waals surface area contributed by atoms with Crippen LogP contribution in [0.25, 0.3) is 0 Å². The standard InChI is InChI=1S/C12H22N2O4S2/c13-9(11(15)16)3-7-19-5-1-2-6-20-8-4-10(14)12(17)18/h1-2,9-10H,3-8,13-14H2,(H,15,16)(H,17,18)/b2-1+. The predicted octanol–water partition coefficient (Wildman–Crippen LogP) is 0.613. The van der Waals surface area contributed by atoms with Crippen molar-refractivity contribution >= 4 is 35.5 Å². The molecule has 0 aromatic carbocycles. The summed E-state index contributed by atoms with van der Waals surface area (Å²) in [4.78, 5) is 20.9. The third-order valence-electron chi connectivity index (χ3n) is 2.38. The molecule has 8 heteroatoms. The van der Waals surface area contributed by atoms with Gasteiger partial charge in [-0.15, -0.1) is 0 Å². The molecule has 0 saturated carbocycles. The van der Waals surface area contributed by atoms with Crippen LogP contribution in [0.4, 0.5) is 0 Å². The fourth-order valence-electron chi connectivity index (χ4n) is 1.11. The second-order valence-electron chi connectivity index (χ2n) is 4.09. The average Bonchev–Trinajstić information content (AvgIpc) is 2.39. The lowest BCUT2D eigenvalue weighted by Crippen LogP contribution is -2.30. The largest absolute Gasteiger partial charge is 0.480 e. The first-order chi connectivity index (χ1) is 9.45. The van der Waals surface area contributed by atoms with Crippen molar-refractivity contribution in [3.63, 3.8) is 0 Å². The number of carboxylic acids is 2. The molecular formula is C12H22N2O4S2. The van der Waals surface area contributed by atoms with Gasteiger partial charge in [-0.05, 0) is 24.3 Å². The minimum absolute atomic E-state index is 0.468. The highest BCUT2D eigenvalue weighted by atomic mass is 32.2. The number of carboxylic acid groups (broad SMARTS) is 2. The molecule has 0 saturated heterocycles. The number of carbonyl (C=O) groups is 2. The monoisotopic (exact) mass is 322 g/mol. The third-order valence-corrected chi connectivity index (χ3v) is 4.28. The number of rotatable bonds is 12. The van der Waals surface area contributed by atoms with Crippen molar-refractivity contribution in [1.82, 2.24) is 0 Å². The van der Waals surface area contributed by atoms with E-state index in [0.717, 1.165) is 23.0 Å². The second-order valence-corrected chi connectivity index (χ2v) is 6.39. The Morgan fingerprint density at radius 2 is 1.25 bits per heavy atom. The van der Waals surface area contributed by atoms with E-state index in [9.17, 15) is 9.59 Å². The summed E-state index contributed by atoms with van der Waals surface area (Å²) >= 11 is 3.27. The molecule has 0 rings (SSSR count). The van der Waals surface area contributed by atoms with E-state index in [4.69, 9.17) is 21.7 Å². The van der Waals surface area contributed by atoms with Gasteiger partial charge in [-0.25, -0.2) is 0 Å². The van der Waals surface area contributed by atoms with Gasteiger partial charge in [-0.3, -0.25) is 9.59 Å². The molecule has 0 bridgehead atoms. The summed E-state index contributed by atoms with van der Waals surface area (Å²) in [6.45, 7) is 0. The van der Waals surface area contributed by atoms with Crippen LogP contribution < -0.4 is 11.5 Å². The fraction of sp³-hybridized carbons (Fsp3) is 0.667. The number of aliphatic carboxylic acids is 2. The molecule has 0 aliphatic carbocycles. The predicted molar refractivity (Wildman–Crippen MR) is 84.2 cm³/mol. The quantitative estimate of drug-likeness (QED) is 0.304. The van der Waals surface area contributed by atoms with Crippen molar-refractivity contribution in [3.05, 3.63) is 12.2 Å². The van der Waals surface area contributed by atoms with Gasteiger partial charge in [0.25, 0.3) is 0 Å². The van der Waals surface area contributed by atoms with E-state index in [1.54, 1.807) is 23.5 Å². The first kappa shape index (κ1) is 19.3. The maximum Gasteiger partial charge on any atom is 0.320 e. The van der Waals surface area contributed by atoms with Gasteiger partial charge in [-0.2, -0.15) is 23.5 Å². The topological polar surface area (TPSA) is 127 Å². The van der Waals surface area contributed by atoms with Gasteiger partial charge in [-0.1, -0.05) is 12.2 Å². The highest BCUT2D eigenvalue weighted by Gasteiger charge is 2.10. The van der Waals surface area contributed by atoms with Crippen molar-refractivity contribution in [2.45, 2.75) is 24.9 Å². The van der Waals surface area contributed by atoms with Crippen molar-refractivity contribution in [2.24, 2.45) is 11.5 Å². The number of nitrogens with two attached hydrogens (primary N) is 2. The van der Waals surface area contributed by atoms with Gasteiger partial charge in [0, 0.05) is 11.5 Å². The molecule has 0 radical (unpaired) electrons. The van der Waals surface area contributed by atoms with Crippen LogP contribution in [0.1, 0.15) is 12.8 Å². The lowest BCUT2D eigenvalue weighted by atomic mass is 10.2. The smallest absolute Gasteiger partial charge is 0.320 e. The van der Waals surface area contributed by atoms with Gasteiger partial charge >= 0.3 is 11.9 Å². The molecule has 6 nitrogen and oxygen atoms in total. The van der Waals surface area contributed by atoms with E-state index < -0.39 is 24.0 Å². The zero-order valence-corrected chi connectivity index (χ0v) is 12.9. The van der Waals surface area contributed by atoms with Crippen molar-refractivity contribution < 1.29 is 19.8 Å². The second kappa shape index (κ2) is 12.1. The SMILES string of the molecule is NC(CCSC/C=C/CSCCC(N)C(=O)O)C(=O)O. The highest BCUT2D eigenvalue weighted by Crippen LogP contribution is 2.07. The van der Waals surface area contributed by atoms with Crippen LogP contribution in [0.15, 0.2) is 12.2 Å². The lowest BCUT2D eigenvalue weighted by molar-refractivity contribution is -0.139. The molecule has 2 atom stereocenters. The Morgan fingerprint density at radius 1 is 0.900 bits per heavy atom. The molecule has 6 N–H and O–H groups in total. The van der Waals surface area contributed by atoms with E-state index in [-0.39, 0.29) is 0 Å². The van der Waals surface area contributed by atoms with Crippen molar-refractivity contribution in [2.75, 3.05) is 23.0 Å². The van der Waals surface area contributed by atoms with Crippen LogP contribution in [0, 0.1) is 0 Å². The van der Waals surface area contributed by atoms with Gasteiger partial charge in [0.2, 0.25) is 0 Å². The molecular weight excluding hydrogens is 300 g/mol. The summed E-state index contributed by atoms with van der Waals surface area (Å²) in [5.41, 5.74) is 10.7. The molecule has 20 heavy (non-hydrogen) atoms. The Balaban J connectivity index is 3.37. The summed E-state index contributed by atoms with van der Waals surface area (Å²) in [7, 11) is 0. The Kier molecular flexibility index (Phi) is 11.6. The third kappa shape index (κ3) is 11.2. The van der Waals surface area contributed by atoms with Gasteiger partial charge in [0.15, 0.2) is 0 Å². The Hall–Kier alpha value is -0.700. The van der Waals surface area contributed by atoms with E-state index >= 15 is 0 Å². The fourth-order valence-corrected chi connectivity index (χ4v) is 2.83. The van der Waals surface area contributed by atoms with Crippen LogP contribution in [-0.4, -0.2) is 57.2 Å². The molecule has 0 aromatic rings. The summed E-state index contributed by atoms with van der Waals surface area (Å²) < 4.78 is 0. The Labute approximate surface area is 127 Å². The molecule has 0 amide bonds. The summed E-state index contributed by atoms with van der Waals surface area (Å²) in [5, 5.41) is 17.2. The number of hydrogen-bond acceptors (Lipinski definition) is 6. The maximum absolute atomic E-state index is 10.5. The van der Waals surface area contributed by atoms with Crippen LogP contribution in [0.3, 0.4) is 0 Å². The molecule has 0 spiro atoms. The minimum Gasteiger partial charge on any atom is -0.480 e. The van der Waals surface area contributed by atoms with Crippen LogP contribution in [-0.2, 0) is 9.59 Å². The first-order valence-corrected chi connectivity index (χ1v) is 8.53. The van der Waals surface area contributed by atoms with E-state index in [1.165, 1.54) is 0 Å². The van der Waals surface area contributed by atoms with E-state index in [2.05, 4.69) is 0 Å². The zero-order chi connectivity index (χ0) is 15.4. The average molecular weight is 322 g/mol. The summed E-state index contributed by atoms with van der Waals surface area (Å²) in [6.07, 6.45) is 4.97. The number of hydrogen-bond donors (Lipinski definition) is 4. The van der Waals surface area contributed by atoms with Crippen LogP contribution in [0.2, 0.25) is 0 Å². The van der Waals surface area contributed by atoms with Gasteiger partial charge < -0.3 is 21.7 Å². The van der Waals surface area contributed by atoms with Gasteiger partial charge in [0.1, 0.15) is 12.1 Å². The molecule has 0 aromatic heterocycles. The lowest BCUT2D eigenvalue weighted by Gasteiger charge is -2.04. The molecule has 116 valence electrons. The number of thioether (sulfide) groups is 2. The van der Waals surface area contributed by atoms with Crippen molar-refractivity contribution in [1.29, 1.82) is 0 Å². The van der Waals surface area contributed by atoms with Crippen molar-refractivity contribution in [3.8, 4) is 0 Å². The van der Waals surface area contributed by atoms with Crippen LogP contribution >= 0.6 is 23.5 Å². The van der Waals surface area contributed by atoms with Crippen LogP contribution in [0.5, 0.6) is 0 Å². The normalized spacial score (nSPS) is 14.3. The molecule has 0 aliphatic heterocycles. The highest BCUT2D eigenvalue weighted by molar-refractivity contribution is 7.99. The maximum atomic E-state index is 10.5. The molecule has 0 heterocycles. The van der Waals surface area contributed by atoms with Gasteiger partial charge in [0.05, 0.1) is 0 Å². The van der Waals surface area contributed by atoms with E-state index in [1.807, 2.05) is 12.2 Å². The Bertz CT molecular complexity index is 297. The summed E-state index contributed by atoms with van der Waals surface area (Å²) in [6, 6.07) is -1.55. The minimum atomic E-state index is -0.961. The molecule has 2 unspecified atom stereocenters. The van der Waals surface area contributed by atoms with E-state index in [0.29, 0.717) is 12.8 Å². The molecule has 0 aliphatic rings. The Morgan fingerprint density at radius 3 is 1.55 bits per heavy atom. The zero-order valence-electron chi connectivity index (χ0n) is 11.2. The first-order valence-electron chi connectivity index (χ1n) is 6.22.